The molecule has 1 aliphatic carbocycles. The SMILES string of the molecule is NC1(CCc2coc(Cl)n2)CC1. The lowest BCUT2D eigenvalue weighted by molar-refractivity contribution is 0.555. The number of halogens is 1. The van der Waals surface area contributed by atoms with Crippen LogP contribution in [0.4, 0.5) is 0 Å². The Labute approximate surface area is 75.9 Å². The van der Waals surface area contributed by atoms with Crippen molar-refractivity contribution in [1.82, 2.24) is 4.98 Å². The molecule has 0 unspecified atom stereocenters. The zero-order chi connectivity index (χ0) is 8.60. The van der Waals surface area contributed by atoms with E-state index in [-0.39, 0.29) is 10.9 Å². The number of nitrogens with two attached hydrogens (primary N) is 1. The van der Waals surface area contributed by atoms with Crippen LogP contribution in [0.25, 0.3) is 0 Å². The minimum atomic E-state index is 0.0887. The first-order valence-electron chi connectivity index (χ1n) is 4.07. The Morgan fingerprint density at radius 2 is 2.42 bits per heavy atom. The minimum Gasteiger partial charge on any atom is -0.436 e. The number of oxazole rings is 1. The highest BCUT2D eigenvalue weighted by molar-refractivity contribution is 6.27. The van der Waals surface area contributed by atoms with E-state index in [1.165, 1.54) is 0 Å². The van der Waals surface area contributed by atoms with Crippen molar-refractivity contribution < 1.29 is 4.42 Å². The highest BCUT2D eigenvalue weighted by Crippen LogP contribution is 2.36. The van der Waals surface area contributed by atoms with Gasteiger partial charge in [-0.2, -0.15) is 0 Å². The maximum Gasteiger partial charge on any atom is 0.292 e. The first-order chi connectivity index (χ1) is 5.68. The van der Waals surface area contributed by atoms with Crippen molar-refractivity contribution in [1.29, 1.82) is 0 Å². The van der Waals surface area contributed by atoms with Gasteiger partial charge in [-0.15, -0.1) is 0 Å². The van der Waals surface area contributed by atoms with Crippen LogP contribution in [0.2, 0.25) is 5.35 Å². The monoisotopic (exact) mass is 186 g/mol. The van der Waals surface area contributed by atoms with E-state index in [1.807, 2.05) is 0 Å². The second-order valence-corrected chi connectivity index (χ2v) is 3.78. The zero-order valence-electron chi connectivity index (χ0n) is 6.72. The van der Waals surface area contributed by atoms with E-state index in [4.69, 9.17) is 21.8 Å². The highest BCUT2D eigenvalue weighted by Gasteiger charge is 2.37. The second-order valence-electron chi connectivity index (χ2n) is 3.45. The largest absolute Gasteiger partial charge is 0.436 e. The maximum atomic E-state index is 5.91. The van der Waals surface area contributed by atoms with Crippen LogP contribution < -0.4 is 5.73 Å². The van der Waals surface area contributed by atoms with E-state index in [9.17, 15) is 0 Å². The molecule has 66 valence electrons. The Morgan fingerprint density at radius 3 is 2.92 bits per heavy atom. The molecule has 1 aromatic heterocycles. The Hall–Kier alpha value is -0.540. The highest BCUT2D eigenvalue weighted by atomic mass is 35.5. The van der Waals surface area contributed by atoms with Gasteiger partial charge in [-0.25, -0.2) is 4.98 Å². The van der Waals surface area contributed by atoms with Gasteiger partial charge in [-0.3, -0.25) is 0 Å². The Kier molecular flexibility index (Phi) is 1.85. The standard InChI is InChI=1S/C8H11ClN2O/c9-7-11-6(5-12-7)1-2-8(10)3-4-8/h5H,1-4,10H2. The van der Waals surface area contributed by atoms with Crippen LogP contribution >= 0.6 is 11.6 Å². The summed E-state index contributed by atoms with van der Waals surface area (Å²) in [5.74, 6) is 0. The number of nitrogens with zero attached hydrogens (tertiary/aromatic N) is 1. The summed E-state index contributed by atoms with van der Waals surface area (Å²) >= 11 is 5.52. The average molecular weight is 187 g/mol. The van der Waals surface area contributed by atoms with E-state index in [2.05, 4.69) is 4.98 Å². The summed E-state index contributed by atoms with van der Waals surface area (Å²) in [4.78, 5) is 3.98. The summed E-state index contributed by atoms with van der Waals surface area (Å²) in [6.07, 6.45) is 5.72. The molecule has 1 aromatic rings. The van der Waals surface area contributed by atoms with Crippen molar-refractivity contribution in [3.8, 4) is 0 Å². The van der Waals surface area contributed by atoms with Gasteiger partial charge in [0.1, 0.15) is 6.26 Å². The summed E-state index contributed by atoms with van der Waals surface area (Å²) in [6, 6.07) is 0. The van der Waals surface area contributed by atoms with Crippen molar-refractivity contribution in [3.63, 3.8) is 0 Å². The molecule has 12 heavy (non-hydrogen) atoms. The van der Waals surface area contributed by atoms with E-state index >= 15 is 0 Å². The van der Waals surface area contributed by atoms with Gasteiger partial charge in [0.25, 0.3) is 5.35 Å². The molecule has 0 aromatic carbocycles. The van der Waals surface area contributed by atoms with Crippen LogP contribution in [0.15, 0.2) is 10.7 Å². The van der Waals surface area contributed by atoms with Crippen molar-refractivity contribution in [3.05, 3.63) is 17.3 Å². The molecule has 0 amide bonds. The molecule has 1 saturated carbocycles. The van der Waals surface area contributed by atoms with Gasteiger partial charge < -0.3 is 10.2 Å². The van der Waals surface area contributed by atoms with Gasteiger partial charge in [0.05, 0.1) is 5.69 Å². The molecule has 2 rings (SSSR count). The Morgan fingerprint density at radius 1 is 1.67 bits per heavy atom. The van der Waals surface area contributed by atoms with E-state index < -0.39 is 0 Å². The second kappa shape index (κ2) is 2.75. The summed E-state index contributed by atoms with van der Waals surface area (Å²) in [7, 11) is 0. The van der Waals surface area contributed by atoms with Gasteiger partial charge in [0, 0.05) is 5.54 Å². The first-order valence-corrected chi connectivity index (χ1v) is 4.45. The quantitative estimate of drug-likeness (QED) is 0.783. The van der Waals surface area contributed by atoms with Crippen LogP contribution in [0.1, 0.15) is 25.0 Å². The minimum absolute atomic E-state index is 0.0887. The Balaban J connectivity index is 1.87. The van der Waals surface area contributed by atoms with Gasteiger partial charge in [0.2, 0.25) is 0 Å². The predicted octanol–water partition coefficient (Wildman–Crippen LogP) is 1.75. The molecule has 0 aliphatic heterocycles. The van der Waals surface area contributed by atoms with Crippen molar-refractivity contribution in [2.75, 3.05) is 0 Å². The van der Waals surface area contributed by atoms with Gasteiger partial charge in [-0.05, 0) is 37.3 Å². The Bertz CT molecular complexity index is 280. The molecule has 1 heterocycles. The van der Waals surface area contributed by atoms with Crippen molar-refractivity contribution >= 4 is 11.6 Å². The lowest BCUT2D eigenvalue weighted by Gasteiger charge is -2.04. The predicted molar refractivity (Wildman–Crippen MR) is 46.0 cm³/mol. The van der Waals surface area contributed by atoms with E-state index in [0.29, 0.717) is 0 Å². The van der Waals surface area contributed by atoms with Gasteiger partial charge in [0.15, 0.2) is 0 Å². The van der Waals surface area contributed by atoms with Crippen LogP contribution in [0, 0.1) is 0 Å². The molecule has 0 atom stereocenters. The molecular formula is C8H11ClN2O. The molecule has 1 fully saturated rings. The first kappa shape index (κ1) is 8.08. The molecule has 3 nitrogen and oxygen atoms in total. The molecule has 0 spiro atoms. The third-order valence-corrected chi connectivity index (χ3v) is 2.47. The number of rotatable bonds is 3. The number of hydrogen-bond donors (Lipinski definition) is 1. The van der Waals surface area contributed by atoms with Crippen LogP contribution in [-0.4, -0.2) is 10.5 Å². The topological polar surface area (TPSA) is 52.0 Å². The lowest BCUT2D eigenvalue weighted by Crippen LogP contribution is -2.22. The number of aryl methyl sites for hydroxylation is 1. The summed E-state index contributed by atoms with van der Waals surface area (Å²) in [6.45, 7) is 0. The molecule has 0 bridgehead atoms. The normalized spacial score (nSPS) is 19.5. The van der Waals surface area contributed by atoms with Crippen molar-refractivity contribution in [2.45, 2.75) is 31.2 Å². The molecule has 2 N–H and O–H groups in total. The fourth-order valence-electron chi connectivity index (χ4n) is 1.18. The molecule has 1 aliphatic rings. The summed E-state index contributed by atoms with van der Waals surface area (Å²) < 4.78 is 4.86. The molecule has 0 radical (unpaired) electrons. The van der Waals surface area contributed by atoms with E-state index in [1.54, 1.807) is 6.26 Å². The third-order valence-electron chi connectivity index (χ3n) is 2.29. The van der Waals surface area contributed by atoms with Crippen LogP contribution in [-0.2, 0) is 6.42 Å². The average Bonchev–Trinajstić information content (AvgIpc) is 2.60. The van der Waals surface area contributed by atoms with Crippen molar-refractivity contribution in [2.24, 2.45) is 5.73 Å². The van der Waals surface area contributed by atoms with Gasteiger partial charge >= 0.3 is 0 Å². The van der Waals surface area contributed by atoms with Crippen LogP contribution in [0.5, 0.6) is 0 Å². The number of aromatic nitrogens is 1. The molecular weight excluding hydrogens is 176 g/mol. The van der Waals surface area contributed by atoms with E-state index in [0.717, 1.165) is 31.4 Å². The third kappa shape index (κ3) is 1.79. The van der Waals surface area contributed by atoms with Crippen LogP contribution in [0.3, 0.4) is 0 Å². The fourth-order valence-corrected chi connectivity index (χ4v) is 1.34. The fraction of sp³-hybridized carbons (Fsp3) is 0.625. The van der Waals surface area contributed by atoms with Gasteiger partial charge in [-0.1, -0.05) is 0 Å². The summed E-state index contributed by atoms with van der Waals surface area (Å²) in [5, 5.41) is 0.215. The molecule has 0 saturated heterocycles. The zero-order valence-corrected chi connectivity index (χ0v) is 7.47. The molecule has 4 heteroatoms. The number of hydrogen-bond acceptors (Lipinski definition) is 3. The summed E-state index contributed by atoms with van der Waals surface area (Å²) in [5.41, 5.74) is 6.90. The lowest BCUT2D eigenvalue weighted by atomic mass is 10.1. The smallest absolute Gasteiger partial charge is 0.292 e. The maximum absolute atomic E-state index is 5.91.